The number of nitrogen functional groups attached to an aromatic ring is 1. The maximum Gasteiger partial charge on any atom is 0.323 e. The highest BCUT2D eigenvalue weighted by atomic mass is 19.1. The molecule has 2 amide bonds. The van der Waals surface area contributed by atoms with Crippen LogP contribution in [0.5, 0.6) is 0 Å². The maximum atomic E-state index is 13.9. The Morgan fingerprint density at radius 2 is 1.94 bits per heavy atom. The Hall–Kier alpha value is -3.98. The lowest BCUT2D eigenvalue weighted by atomic mass is 10.0. The number of benzene rings is 2. The van der Waals surface area contributed by atoms with Crippen molar-refractivity contribution in [1.82, 2.24) is 19.9 Å². The average molecular weight is 419 g/mol. The lowest BCUT2D eigenvalue weighted by Crippen LogP contribution is -2.20. The van der Waals surface area contributed by atoms with E-state index in [-0.39, 0.29) is 5.69 Å². The summed E-state index contributed by atoms with van der Waals surface area (Å²) in [6, 6.07) is 11.3. The molecule has 2 aromatic heterocycles. The van der Waals surface area contributed by atoms with E-state index in [0.717, 1.165) is 27.8 Å². The fourth-order valence-corrected chi connectivity index (χ4v) is 3.47. The number of amides is 2. The number of nitrogens with zero attached hydrogens (tertiary/aromatic N) is 3. The number of anilines is 3. The molecule has 4 rings (SSSR count). The van der Waals surface area contributed by atoms with Crippen LogP contribution in [-0.2, 0) is 6.54 Å². The van der Waals surface area contributed by atoms with Gasteiger partial charge in [-0.15, -0.1) is 0 Å². The number of hydrogen-bond donors (Lipinski definition) is 4. The second-order valence-corrected chi connectivity index (χ2v) is 7.14. The Morgan fingerprint density at radius 3 is 2.68 bits per heavy atom. The van der Waals surface area contributed by atoms with Crippen LogP contribution in [0, 0.1) is 12.7 Å². The molecule has 0 aliphatic rings. The molecule has 0 aliphatic carbocycles. The summed E-state index contributed by atoms with van der Waals surface area (Å²) in [6.07, 6.45) is 3.33. The molecule has 31 heavy (non-hydrogen) atoms. The molecule has 2 heterocycles. The van der Waals surface area contributed by atoms with E-state index < -0.39 is 11.8 Å². The van der Waals surface area contributed by atoms with Gasteiger partial charge in [0.2, 0.25) is 0 Å². The summed E-state index contributed by atoms with van der Waals surface area (Å²) in [6.45, 7) is 2.45. The quantitative estimate of drug-likeness (QED) is 0.394. The number of fused-ring (bicyclic) bond motifs is 1. The largest absolute Gasteiger partial charge is 0.382 e. The van der Waals surface area contributed by atoms with Crippen LogP contribution in [0.1, 0.15) is 11.1 Å². The first kappa shape index (κ1) is 20.3. The molecule has 0 radical (unpaired) electrons. The van der Waals surface area contributed by atoms with E-state index in [4.69, 9.17) is 5.73 Å². The van der Waals surface area contributed by atoms with Crippen LogP contribution in [0.25, 0.3) is 16.6 Å². The second-order valence-electron chi connectivity index (χ2n) is 7.14. The van der Waals surface area contributed by atoms with Crippen LogP contribution in [0.2, 0.25) is 0 Å². The molecule has 158 valence electrons. The predicted molar refractivity (Wildman–Crippen MR) is 119 cm³/mol. The van der Waals surface area contributed by atoms with Crippen molar-refractivity contribution in [2.45, 2.75) is 13.5 Å². The van der Waals surface area contributed by atoms with Crippen molar-refractivity contribution in [2.24, 2.45) is 0 Å². The van der Waals surface area contributed by atoms with Gasteiger partial charge in [0, 0.05) is 24.0 Å². The van der Waals surface area contributed by atoms with Crippen molar-refractivity contribution < 1.29 is 9.18 Å². The van der Waals surface area contributed by atoms with E-state index in [1.807, 2.05) is 32.3 Å². The Balaban J connectivity index is 1.58. The number of aromatic nitrogens is 3. The minimum Gasteiger partial charge on any atom is -0.382 e. The molecular formula is C22H22FN7O. The number of carbonyl (C=O) groups is 1. The summed E-state index contributed by atoms with van der Waals surface area (Å²) in [5.41, 5.74) is 11.2. The van der Waals surface area contributed by atoms with Crippen molar-refractivity contribution in [3.63, 3.8) is 0 Å². The zero-order chi connectivity index (χ0) is 22.0. The lowest BCUT2D eigenvalue weighted by molar-refractivity contribution is 0.262. The van der Waals surface area contributed by atoms with E-state index in [9.17, 15) is 9.18 Å². The molecule has 4 aromatic rings. The number of nitrogens with two attached hydrogens (primary N) is 1. The predicted octanol–water partition coefficient (Wildman–Crippen LogP) is 3.79. The third-order valence-electron chi connectivity index (χ3n) is 4.85. The van der Waals surface area contributed by atoms with Gasteiger partial charge in [-0.1, -0.05) is 18.2 Å². The van der Waals surface area contributed by atoms with E-state index in [1.54, 1.807) is 28.8 Å². The third-order valence-corrected chi connectivity index (χ3v) is 4.85. The zero-order valence-corrected chi connectivity index (χ0v) is 17.1. The molecule has 0 unspecified atom stereocenters. The van der Waals surface area contributed by atoms with Crippen molar-refractivity contribution in [3.8, 4) is 11.1 Å². The van der Waals surface area contributed by atoms with Crippen LogP contribution in [0.3, 0.4) is 0 Å². The van der Waals surface area contributed by atoms with Crippen molar-refractivity contribution in [2.75, 3.05) is 23.4 Å². The highest BCUT2D eigenvalue weighted by molar-refractivity contribution is 6.00. The molecule has 0 saturated carbocycles. The number of urea groups is 1. The molecule has 0 atom stereocenters. The number of rotatable bonds is 5. The standard InChI is InChI=1S/C22H22FN7O/c1-13-3-8-17(23)18(9-13)29-22(31)28-16-6-4-14(5-7-16)19-15(10-25-2)11-30-20(19)21(24)26-12-27-30/h3-9,11-12,25H,10H2,1-2H3,(H2,24,26,27)(H2,28,29,31). The second kappa shape index (κ2) is 8.41. The molecule has 0 fully saturated rings. The molecular weight excluding hydrogens is 397 g/mol. The fraction of sp³-hybridized carbons (Fsp3) is 0.136. The summed E-state index contributed by atoms with van der Waals surface area (Å²) in [4.78, 5) is 16.4. The van der Waals surface area contributed by atoms with Gasteiger partial charge >= 0.3 is 6.03 Å². The highest BCUT2D eigenvalue weighted by Gasteiger charge is 2.16. The zero-order valence-electron chi connectivity index (χ0n) is 17.1. The number of hydrogen-bond acceptors (Lipinski definition) is 5. The van der Waals surface area contributed by atoms with Gasteiger partial charge in [0.15, 0.2) is 5.82 Å². The van der Waals surface area contributed by atoms with Gasteiger partial charge < -0.3 is 21.7 Å². The van der Waals surface area contributed by atoms with Gasteiger partial charge in [-0.2, -0.15) is 5.10 Å². The summed E-state index contributed by atoms with van der Waals surface area (Å²) in [7, 11) is 1.86. The van der Waals surface area contributed by atoms with Crippen LogP contribution in [0.4, 0.5) is 26.4 Å². The third kappa shape index (κ3) is 4.17. The van der Waals surface area contributed by atoms with E-state index >= 15 is 0 Å². The number of halogens is 1. The van der Waals surface area contributed by atoms with E-state index in [2.05, 4.69) is 26.0 Å². The first-order valence-electron chi connectivity index (χ1n) is 9.66. The maximum absolute atomic E-state index is 13.9. The smallest absolute Gasteiger partial charge is 0.323 e. The van der Waals surface area contributed by atoms with Gasteiger partial charge in [0.05, 0.1) is 5.69 Å². The van der Waals surface area contributed by atoms with Crippen molar-refractivity contribution >= 4 is 28.7 Å². The van der Waals surface area contributed by atoms with Gasteiger partial charge in [-0.05, 0) is 54.9 Å². The molecule has 8 nitrogen and oxygen atoms in total. The van der Waals surface area contributed by atoms with Gasteiger partial charge in [0.25, 0.3) is 0 Å². The molecule has 9 heteroatoms. The first-order valence-corrected chi connectivity index (χ1v) is 9.66. The monoisotopic (exact) mass is 419 g/mol. The molecule has 0 saturated heterocycles. The average Bonchev–Trinajstić information content (AvgIpc) is 3.11. The minimum absolute atomic E-state index is 0.126. The fourth-order valence-electron chi connectivity index (χ4n) is 3.47. The molecule has 2 aromatic carbocycles. The summed E-state index contributed by atoms with van der Waals surface area (Å²) < 4.78 is 15.6. The topological polar surface area (TPSA) is 109 Å². The van der Waals surface area contributed by atoms with Crippen LogP contribution < -0.4 is 21.7 Å². The van der Waals surface area contributed by atoms with Gasteiger partial charge in [0.1, 0.15) is 17.7 Å². The van der Waals surface area contributed by atoms with E-state index in [0.29, 0.717) is 18.1 Å². The molecule has 5 N–H and O–H groups in total. The Morgan fingerprint density at radius 1 is 1.16 bits per heavy atom. The first-order chi connectivity index (χ1) is 15.0. The van der Waals surface area contributed by atoms with E-state index in [1.165, 1.54) is 12.4 Å². The van der Waals surface area contributed by atoms with Crippen LogP contribution in [0.15, 0.2) is 55.0 Å². The Kier molecular flexibility index (Phi) is 5.50. The molecule has 0 spiro atoms. The highest BCUT2D eigenvalue weighted by Crippen LogP contribution is 2.33. The molecule has 0 aliphatic heterocycles. The number of carbonyl (C=O) groups excluding carboxylic acids is 1. The summed E-state index contributed by atoms with van der Waals surface area (Å²) in [5, 5.41) is 12.6. The lowest BCUT2D eigenvalue weighted by Gasteiger charge is -2.10. The Labute approximate surface area is 178 Å². The SMILES string of the molecule is CNCc1cn2ncnc(N)c2c1-c1ccc(NC(=O)Nc2cc(C)ccc2F)cc1. The van der Waals surface area contributed by atoms with Crippen LogP contribution in [-0.4, -0.2) is 27.7 Å². The Bertz CT molecular complexity index is 1250. The van der Waals surface area contributed by atoms with Crippen LogP contribution >= 0.6 is 0 Å². The van der Waals surface area contributed by atoms with Gasteiger partial charge in [-0.25, -0.2) is 18.7 Å². The van der Waals surface area contributed by atoms with Gasteiger partial charge in [-0.3, -0.25) is 0 Å². The number of aryl methyl sites for hydroxylation is 1. The summed E-state index contributed by atoms with van der Waals surface area (Å²) in [5.74, 6) is -0.109. The normalized spacial score (nSPS) is 10.9. The number of nitrogens with one attached hydrogen (secondary N) is 3. The molecule has 0 bridgehead atoms. The van der Waals surface area contributed by atoms with Crippen molar-refractivity contribution in [3.05, 3.63) is 71.9 Å². The van der Waals surface area contributed by atoms with Crippen molar-refractivity contribution in [1.29, 1.82) is 0 Å². The summed E-state index contributed by atoms with van der Waals surface area (Å²) >= 11 is 0. The minimum atomic E-state index is -0.528.